The van der Waals surface area contributed by atoms with Crippen molar-refractivity contribution in [1.82, 2.24) is 25.2 Å². The van der Waals surface area contributed by atoms with E-state index in [2.05, 4.69) is 20.2 Å². The van der Waals surface area contributed by atoms with Crippen molar-refractivity contribution in [2.24, 2.45) is 5.84 Å². The second kappa shape index (κ2) is 6.82. The standard InChI is InChI=1S/C19H15F3N6O/c1-10-12(3-5-16(26-10)19(20,21)22)9-28(23)18(29)11-2-4-15-14(6-11)17-13(7-24-15)8-25-27-17/h2-8H,9,23H2,1H3,(H,25,27). The number of carbonyl (C=O) groups excluding carboxylic acids is 1. The Bertz CT molecular complexity index is 1230. The number of pyridine rings is 2. The molecule has 4 rings (SSSR count). The molecule has 0 aliphatic carbocycles. The number of amides is 1. The Morgan fingerprint density at radius 1 is 1.21 bits per heavy atom. The third kappa shape index (κ3) is 3.49. The third-order valence-electron chi connectivity index (χ3n) is 4.61. The highest BCUT2D eigenvalue weighted by Crippen LogP contribution is 2.28. The first kappa shape index (κ1) is 18.8. The highest BCUT2D eigenvalue weighted by Gasteiger charge is 2.32. The van der Waals surface area contributed by atoms with Gasteiger partial charge in [-0.2, -0.15) is 18.3 Å². The number of nitrogens with two attached hydrogens (primary N) is 1. The van der Waals surface area contributed by atoms with Crippen molar-refractivity contribution >= 4 is 27.7 Å². The summed E-state index contributed by atoms with van der Waals surface area (Å²) in [6.07, 6.45) is -1.22. The zero-order valence-corrected chi connectivity index (χ0v) is 15.2. The minimum Gasteiger partial charge on any atom is -0.277 e. The second-order valence-corrected chi connectivity index (χ2v) is 6.56. The molecule has 4 aromatic rings. The Kier molecular flexibility index (Phi) is 4.42. The number of carbonyl (C=O) groups is 1. The van der Waals surface area contributed by atoms with Gasteiger partial charge in [0, 0.05) is 28.2 Å². The molecule has 0 saturated carbocycles. The molecule has 148 valence electrons. The van der Waals surface area contributed by atoms with E-state index in [1.165, 1.54) is 13.0 Å². The number of nitrogens with one attached hydrogen (secondary N) is 1. The zero-order valence-electron chi connectivity index (χ0n) is 15.2. The van der Waals surface area contributed by atoms with Gasteiger partial charge in [-0.15, -0.1) is 0 Å². The van der Waals surface area contributed by atoms with Crippen LogP contribution in [0, 0.1) is 6.92 Å². The van der Waals surface area contributed by atoms with E-state index in [0.29, 0.717) is 22.0 Å². The Morgan fingerprint density at radius 3 is 2.72 bits per heavy atom. The van der Waals surface area contributed by atoms with Crippen molar-refractivity contribution in [2.75, 3.05) is 0 Å². The summed E-state index contributed by atoms with van der Waals surface area (Å²) in [5.74, 6) is 5.43. The molecule has 3 aromatic heterocycles. The van der Waals surface area contributed by atoms with Crippen LogP contribution in [0.4, 0.5) is 13.2 Å². The molecule has 10 heteroatoms. The first-order valence-corrected chi connectivity index (χ1v) is 8.56. The minimum atomic E-state index is -4.53. The van der Waals surface area contributed by atoms with Gasteiger partial charge in [-0.3, -0.25) is 19.9 Å². The van der Waals surface area contributed by atoms with Gasteiger partial charge in [-0.25, -0.2) is 10.8 Å². The van der Waals surface area contributed by atoms with Crippen molar-refractivity contribution in [3.05, 3.63) is 65.2 Å². The summed E-state index contributed by atoms with van der Waals surface area (Å²) < 4.78 is 38.3. The maximum absolute atomic E-state index is 12.8. The van der Waals surface area contributed by atoms with Gasteiger partial charge in [0.2, 0.25) is 0 Å². The number of benzene rings is 1. The largest absolute Gasteiger partial charge is 0.433 e. The van der Waals surface area contributed by atoms with Crippen LogP contribution in [0.25, 0.3) is 21.8 Å². The fraction of sp³-hybridized carbons (Fsp3) is 0.158. The number of alkyl halides is 3. The minimum absolute atomic E-state index is 0.0830. The lowest BCUT2D eigenvalue weighted by Gasteiger charge is -2.18. The molecule has 1 amide bonds. The lowest BCUT2D eigenvalue weighted by Crippen LogP contribution is -2.37. The summed E-state index contributed by atoms with van der Waals surface area (Å²) in [6, 6.07) is 7.09. The van der Waals surface area contributed by atoms with Gasteiger partial charge in [0.25, 0.3) is 5.91 Å². The maximum atomic E-state index is 12.8. The van der Waals surface area contributed by atoms with Crippen LogP contribution >= 0.6 is 0 Å². The van der Waals surface area contributed by atoms with Gasteiger partial charge in [-0.1, -0.05) is 6.07 Å². The van der Waals surface area contributed by atoms with E-state index in [4.69, 9.17) is 5.84 Å². The number of halogens is 3. The fourth-order valence-corrected chi connectivity index (χ4v) is 3.07. The van der Waals surface area contributed by atoms with Crippen LogP contribution in [-0.2, 0) is 12.7 Å². The van der Waals surface area contributed by atoms with Crippen LogP contribution in [0.1, 0.15) is 27.3 Å². The van der Waals surface area contributed by atoms with Gasteiger partial charge in [0.05, 0.1) is 23.8 Å². The summed E-state index contributed by atoms with van der Waals surface area (Å²) in [4.78, 5) is 20.6. The zero-order chi connectivity index (χ0) is 20.8. The first-order chi connectivity index (χ1) is 13.7. The highest BCUT2D eigenvalue weighted by molar-refractivity contribution is 6.06. The number of hydrazine groups is 1. The highest BCUT2D eigenvalue weighted by atomic mass is 19.4. The van der Waals surface area contributed by atoms with Crippen molar-refractivity contribution in [3.8, 4) is 0 Å². The van der Waals surface area contributed by atoms with E-state index in [9.17, 15) is 18.0 Å². The molecule has 0 unspecified atom stereocenters. The normalized spacial score (nSPS) is 11.9. The molecule has 3 heterocycles. The number of fused-ring (bicyclic) bond motifs is 3. The van der Waals surface area contributed by atoms with Crippen molar-refractivity contribution in [3.63, 3.8) is 0 Å². The maximum Gasteiger partial charge on any atom is 0.433 e. The lowest BCUT2D eigenvalue weighted by molar-refractivity contribution is -0.141. The van der Waals surface area contributed by atoms with Crippen molar-refractivity contribution in [2.45, 2.75) is 19.6 Å². The van der Waals surface area contributed by atoms with Crippen LogP contribution in [0.5, 0.6) is 0 Å². The molecule has 0 saturated heterocycles. The van der Waals surface area contributed by atoms with E-state index in [-0.39, 0.29) is 12.2 Å². The van der Waals surface area contributed by atoms with Gasteiger partial charge in [0.15, 0.2) is 0 Å². The monoisotopic (exact) mass is 400 g/mol. The smallest absolute Gasteiger partial charge is 0.277 e. The Labute approximate surface area is 162 Å². The number of aromatic amines is 1. The van der Waals surface area contributed by atoms with Crippen LogP contribution in [0.2, 0.25) is 0 Å². The molecular formula is C19H15F3N6O. The molecule has 0 atom stereocenters. The van der Waals surface area contributed by atoms with Crippen LogP contribution < -0.4 is 5.84 Å². The molecule has 29 heavy (non-hydrogen) atoms. The summed E-state index contributed by atoms with van der Waals surface area (Å²) in [5, 5.41) is 9.32. The predicted octanol–water partition coefficient (Wildman–Crippen LogP) is 3.35. The van der Waals surface area contributed by atoms with Gasteiger partial charge < -0.3 is 0 Å². The Balaban J connectivity index is 1.61. The van der Waals surface area contributed by atoms with Crippen LogP contribution in [0.15, 0.2) is 42.7 Å². The van der Waals surface area contributed by atoms with Crippen LogP contribution in [0.3, 0.4) is 0 Å². The average molecular weight is 400 g/mol. The van der Waals surface area contributed by atoms with E-state index in [1.807, 2.05) is 0 Å². The van der Waals surface area contributed by atoms with E-state index in [0.717, 1.165) is 22.0 Å². The number of rotatable bonds is 3. The molecule has 3 N–H and O–H groups in total. The Hall–Kier alpha value is -3.53. The first-order valence-electron chi connectivity index (χ1n) is 8.56. The van der Waals surface area contributed by atoms with E-state index < -0.39 is 17.8 Å². The number of nitrogens with zero attached hydrogens (tertiary/aromatic N) is 4. The van der Waals surface area contributed by atoms with E-state index >= 15 is 0 Å². The predicted molar refractivity (Wildman–Crippen MR) is 99.4 cm³/mol. The molecule has 0 fully saturated rings. The molecule has 0 bridgehead atoms. The molecule has 0 aliphatic heterocycles. The molecule has 0 spiro atoms. The summed E-state index contributed by atoms with van der Waals surface area (Å²) in [5.41, 5.74) is 1.35. The molecule has 7 nitrogen and oxygen atoms in total. The lowest BCUT2D eigenvalue weighted by atomic mass is 10.1. The van der Waals surface area contributed by atoms with Crippen molar-refractivity contribution in [1.29, 1.82) is 0 Å². The van der Waals surface area contributed by atoms with Crippen molar-refractivity contribution < 1.29 is 18.0 Å². The molecule has 0 aliphatic rings. The number of aryl methyl sites for hydroxylation is 1. The van der Waals surface area contributed by atoms with E-state index in [1.54, 1.807) is 30.6 Å². The third-order valence-corrected chi connectivity index (χ3v) is 4.61. The fourth-order valence-electron chi connectivity index (χ4n) is 3.07. The van der Waals surface area contributed by atoms with Gasteiger partial charge in [-0.05, 0) is 36.8 Å². The summed E-state index contributed by atoms with van der Waals surface area (Å²) in [7, 11) is 0. The quantitative estimate of drug-likeness (QED) is 0.312. The van der Waals surface area contributed by atoms with Gasteiger partial charge >= 0.3 is 6.18 Å². The SMILES string of the molecule is Cc1nc(C(F)(F)F)ccc1CN(N)C(=O)c1ccc2ncc3cn[nH]c3c2c1. The second-order valence-electron chi connectivity index (χ2n) is 6.56. The number of hydrogen-bond acceptors (Lipinski definition) is 5. The van der Waals surface area contributed by atoms with Crippen LogP contribution in [-0.4, -0.2) is 31.1 Å². The molecular weight excluding hydrogens is 385 g/mol. The molecule has 0 radical (unpaired) electrons. The Morgan fingerprint density at radius 2 is 2.00 bits per heavy atom. The average Bonchev–Trinajstić information content (AvgIpc) is 3.17. The van der Waals surface area contributed by atoms with Gasteiger partial charge in [0.1, 0.15) is 5.69 Å². The summed E-state index contributed by atoms with van der Waals surface area (Å²) in [6.45, 7) is 1.36. The molecule has 1 aromatic carbocycles. The number of H-pyrrole nitrogens is 1. The number of aromatic nitrogens is 4. The summed E-state index contributed by atoms with van der Waals surface area (Å²) >= 11 is 0. The topological polar surface area (TPSA) is 101 Å². The number of hydrogen-bond donors (Lipinski definition) is 2.